The molecule has 0 aliphatic carbocycles. The van der Waals surface area contributed by atoms with Gasteiger partial charge in [-0.25, -0.2) is 4.98 Å². The van der Waals surface area contributed by atoms with Gasteiger partial charge in [-0.3, -0.25) is 4.90 Å². The molecule has 2 atom stereocenters. The maximum atomic E-state index is 6.50. The lowest BCUT2D eigenvalue weighted by molar-refractivity contribution is 0.0713. The topological polar surface area (TPSA) is 47.1 Å². The molecule has 4 heteroatoms. The summed E-state index contributed by atoms with van der Waals surface area (Å²) < 4.78 is 2.23. The molecule has 4 nitrogen and oxygen atoms in total. The molecule has 2 unspecified atom stereocenters. The zero-order valence-electron chi connectivity index (χ0n) is 12.8. The van der Waals surface area contributed by atoms with E-state index in [9.17, 15) is 0 Å². The Balaban J connectivity index is 2.40. The standard InChI is InChI=1S/C15H28N4/c1-5-18-11-17-10-13(18)14-12(16)8-6-7-9-19(14)15(2,3)4/h10-12,14H,5-9,16H2,1-4H3. The van der Waals surface area contributed by atoms with Crippen LogP contribution in [0.25, 0.3) is 0 Å². The average Bonchev–Trinajstić information content (AvgIpc) is 2.70. The van der Waals surface area contributed by atoms with E-state index in [1.807, 2.05) is 12.5 Å². The first-order valence-electron chi connectivity index (χ1n) is 7.47. The molecule has 19 heavy (non-hydrogen) atoms. The van der Waals surface area contributed by atoms with Crippen molar-refractivity contribution in [3.8, 4) is 0 Å². The molecule has 2 rings (SSSR count). The number of aromatic nitrogens is 2. The van der Waals surface area contributed by atoms with E-state index >= 15 is 0 Å². The first-order valence-corrected chi connectivity index (χ1v) is 7.47. The van der Waals surface area contributed by atoms with Gasteiger partial charge in [0.25, 0.3) is 0 Å². The molecule has 108 valence electrons. The molecule has 1 aliphatic heterocycles. The number of hydrogen-bond acceptors (Lipinski definition) is 3. The van der Waals surface area contributed by atoms with Gasteiger partial charge in [0.15, 0.2) is 0 Å². The molecule has 2 heterocycles. The van der Waals surface area contributed by atoms with Crippen molar-refractivity contribution in [2.75, 3.05) is 6.54 Å². The predicted octanol–water partition coefficient (Wildman–Crippen LogP) is 2.56. The zero-order chi connectivity index (χ0) is 14.0. The minimum absolute atomic E-state index is 0.134. The van der Waals surface area contributed by atoms with Gasteiger partial charge in [-0.1, -0.05) is 6.42 Å². The summed E-state index contributed by atoms with van der Waals surface area (Å²) in [4.78, 5) is 6.89. The summed E-state index contributed by atoms with van der Waals surface area (Å²) in [7, 11) is 0. The van der Waals surface area contributed by atoms with Crippen molar-refractivity contribution in [3.05, 3.63) is 18.2 Å². The van der Waals surface area contributed by atoms with Crippen LogP contribution in [-0.4, -0.2) is 32.6 Å². The first-order chi connectivity index (χ1) is 8.95. The Kier molecular flexibility index (Phi) is 4.31. The van der Waals surface area contributed by atoms with E-state index in [-0.39, 0.29) is 17.6 Å². The average molecular weight is 264 g/mol. The minimum atomic E-state index is 0.134. The monoisotopic (exact) mass is 264 g/mol. The molecule has 1 aliphatic rings. The summed E-state index contributed by atoms with van der Waals surface area (Å²) in [5, 5.41) is 0. The van der Waals surface area contributed by atoms with E-state index in [2.05, 4.69) is 42.1 Å². The third-order valence-corrected chi connectivity index (χ3v) is 4.18. The van der Waals surface area contributed by atoms with E-state index < -0.39 is 0 Å². The zero-order valence-corrected chi connectivity index (χ0v) is 12.8. The number of imidazole rings is 1. The fraction of sp³-hybridized carbons (Fsp3) is 0.800. The number of nitrogens with zero attached hydrogens (tertiary/aromatic N) is 3. The van der Waals surface area contributed by atoms with Gasteiger partial charge < -0.3 is 10.3 Å². The maximum Gasteiger partial charge on any atom is 0.0948 e. The van der Waals surface area contributed by atoms with E-state index in [0.717, 1.165) is 19.5 Å². The Morgan fingerprint density at radius 1 is 1.37 bits per heavy atom. The van der Waals surface area contributed by atoms with Gasteiger partial charge in [0.2, 0.25) is 0 Å². The van der Waals surface area contributed by atoms with Gasteiger partial charge in [0, 0.05) is 24.3 Å². The summed E-state index contributed by atoms with van der Waals surface area (Å²) in [6.45, 7) is 11.1. The van der Waals surface area contributed by atoms with Crippen LogP contribution in [-0.2, 0) is 6.54 Å². The SMILES string of the molecule is CCn1cncc1C1C(N)CCCCN1C(C)(C)C. The largest absolute Gasteiger partial charge is 0.333 e. The molecular formula is C15H28N4. The molecule has 1 saturated heterocycles. The summed E-state index contributed by atoms with van der Waals surface area (Å²) >= 11 is 0. The number of rotatable bonds is 2. The Bertz CT molecular complexity index is 405. The lowest BCUT2D eigenvalue weighted by atomic mass is 9.96. The molecule has 0 spiro atoms. The molecule has 0 radical (unpaired) electrons. The number of hydrogen-bond donors (Lipinski definition) is 1. The Morgan fingerprint density at radius 2 is 2.11 bits per heavy atom. The smallest absolute Gasteiger partial charge is 0.0948 e. The molecule has 0 bridgehead atoms. The Morgan fingerprint density at radius 3 is 2.74 bits per heavy atom. The van der Waals surface area contributed by atoms with E-state index in [4.69, 9.17) is 5.73 Å². The number of nitrogens with two attached hydrogens (primary N) is 1. The van der Waals surface area contributed by atoms with Crippen molar-refractivity contribution in [2.45, 2.75) is 71.1 Å². The predicted molar refractivity (Wildman–Crippen MR) is 78.9 cm³/mol. The summed E-state index contributed by atoms with van der Waals surface area (Å²) in [6, 6.07) is 0.480. The van der Waals surface area contributed by atoms with Crippen molar-refractivity contribution < 1.29 is 0 Å². The van der Waals surface area contributed by atoms with Crippen LogP contribution in [0.4, 0.5) is 0 Å². The third kappa shape index (κ3) is 3.00. The van der Waals surface area contributed by atoms with Crippen LogP contribution < -0.4 is 5.73 Å². The second-order valence-electron chi connectivity index (χ2n) is 6.57. The van der Waals surface area contributed by atoms with Crippen LogP contribution >= 0.6 is 0 Å². The summed E-state index contributed by atoms with van der Waals surface area (Å²) in [5.41, 5.74) is 7.90. The lowest BCUT2D eigenvalue weighted by Crippen LogP contribution is -2.49. The maximum absolute atomic E-state index is 6.50. The van der Waals surface area contributed by atoms with Gasteiger partial charge in [0.05, 0.1) is 18.1 Å². The number of aryl methyl sites for hydroxylation is 1. The van der Waals surface area contributed by atoms with Gasteiger partial charge in [-0.2, -0.15) is 0 Å². The Labute approximate surface area is 117 Å². The minimum Gasteiger partial charge on any atom is -0.333 e. The van der Waals surface area contributed by atoms with Crippen LogP contribution in [0.1, 0.15) is 58.7 Å². The van der Waals surface area contributed by atoms with Crippen molar-refractivity contribution in [1.29, 1.82) is 0 Å². The highest BCUT2D eigenvalue weighted by Crippen LogP contribution is 2.34. The Hall–Kier alpha value is -0.870. The molecule has 0 amide bonds. The van der Waals surface area contributed by atoms with Gasteiger partial charge in [-0.15, -0.1) is 0 Å². The van der Waals surface area contributed by atoms with E-state index in [0.29, 0.717) is 0 Å². The highest BCUT2D eigenvalue weighted by molar-refractivity contribution is 5.11. The van der Waals surface area contributed by atoms with Crippen LogP contribution in [0.2, 0.25) is 0 Å². The fourth-order valence-corrected chi connectivity index (χ4v) is 3.16. The first kappa shape index (κ1) is 14.5. The van der Waals surface area contributed by atoms with Crippen LogP contribution in [0.15, 0.2) is 12.5 Å². The molecule has 1 fully saturated rings. The van der Waals surface area contributed by atoms with E-state index in [1.54, 1.807) is 0 Å². The summed E-state index contributed by atoms with van der Waals surface area (Å²) in [5.74, 6) is 0. The molecule has 0 saturated carbocycles. The van der Waals surface area contributed by atoms with Crippen molar-refractivity contribution in [1.82, 2.24) is 14.5 Å². The molecule has 2 N–H and O–H groups in total. The van der Waals surface area contributed by atoms with Crippen LogP contribution in [0.3, 0.4) is 0 Å². The van der Waals surface area contributed by atoms with Crippen LogP contribution in [0, 0.1) is 0 Å². The third-order valence-electron chi connectivity index (χ3n) is 4.18. The molecular weight excluding hydrogens is 236 g/mol. The second kappa shape index (κ2) is 5.63. The highest BCUT2D eigenvalue weighted by atomic mass is 15.3. The molecule has 1 aromatic rings. The van der Waals surface area contributed by atoms with Gasteiger partial charge >= 0.3 is 0 Å². The normalized spacial score (nSPS) is 26.4. The molecule has 0 aromatic carbocycles. The van der Waals surface area contributed by atoms with E-state index in [1.165, 1.54) is 18.5 Å². The van der Waals surface area contributed by atoms with Gasteiger partial charge in [-0.05, 0) is 47.1 Å². The highest BCUT2D eigenvalue weighted by Gasteiger charge is 2.36. The van der Waals surface area contributed by atoms with Crippen LogP contribution in [0.5, 0.6) is 0 Å². The quantitative estimate of drug-likeness (QED) is 0.893. The lowest BCUT2D eigenvalue weighted by Gasteiger charge is -2.42. The molecule has 1 aromatic heterocycles. The fourth-order valence-electron chi connectivity index (χ4n) is 3.16. The van der Waals surface area contributed by atoms with Crippen molar-refractivity contribution in [3.63, 3.8) is 0 Å². The van der Waals surface area contributed by atoms with Crippen molar-refractivity contribution in [2.24, 2.45) is 5.73 Å². The summed E-state index contributed by atoms with van der Waals surface area (Å²) in [6.07, 6.45) is 7.49. The van der Waals surface area contributed by atoms with Gasteiger partial charge in [0.1, 0.15) is 0 Å². The second-order valence-corrected chi connectivity index (χ2v) is 6.57. The van der Waals surface area contributed by atoms with Crippen molar-refractivity contribution >= 4 is 0 Å². The number of likely N-dealkylation sites (tertiary alicyclic amines) is 1.